The lowest BCUT2D eigenvalue weighted by molar-refractivity contribution is 0.204. The summed E-state index contributed by atoms with van der Waals surface area (Å²) >= 11 is 0. The Morgan fingerprint density at radius 1 is 1.00 bits per heavy atom. The number of hydrogen-bond donors (Lipinski definition) is 0. The van der Waals surface area contributed by atoms with Crippen molar-refractivity contribution in [3.63, 3.8) is 0 Å². The second-order valence-electron chi connectivity index (χ2n) is 2.78. The van der Waals surface area contributed by atoms with Crippen molar-refractivity contribution in [2.75, 3.05) is 13.2 Å². The summed E-state index contributed by atoms with van der Waals surface area (Å²) in [5, 5.41) is 0. The van der Waals surface area contributed by atoms with Gasteiger partial charge in [0.2, 0.25) is 0 Å². The Hall–Kier alpha value is 0.527. The van der Waals surface area contributed by atoms with Crippen molar-refractivity contribution in [1.29, 1.82) is 0 Å². The lowest BCUT2D eigenvalue weighted by Crippen LogP contribution is -1.96. The topological polar surface area (TPSA) is 27.7 Å². The smallest absolute Gasteiger partial charge is 0.320 e. The fourth-order valence-corrected chi connectivity index (χ4v) is 2.18. The zero-order valence-electron chi connectivity index (χ0n) is 8.91. The van der Waals surface area contributed by atoms with Crippen LogP contribution in [-0.4, -0.2) is 23.7 Å². The monoisotopic (exact) mass is 224 g/mol. The second kappa shape index (κ2) is 10.6. The van der Waals surface area contributed by atoms with E-state index >= 15 is 0 Å². The van der Waals surface area contributed by atoms with E-state index in [-0.39, 0.29) is 0 Å². The van der Waals surface area contributed by atoms with Crippen molar-refractivity contribution in [3.8, 4) is 0 Å². The van der Waals surface area contributed by atoms with Crippen molar-refractivity contribution >= 4 is 19.1 Å². The fourth-order valence-electron chi connectivity index (χ4n) is 0.710. The number of unbranched alkanes of at least 4 members (excludes halogenated alkanes) is 2. The molecule has 0 fully saturated rings. The van der Waals surface area contributed by atoms with Gasteiger partial charge in [-0.05, 0) is 12.8 Å². The van der Waals surface area contributed by atoms with Gasteiger partial charge in [-0.15, -0.1) is 0 Å². The summed E-state index contributed by atoms with van der Waals surface area (Å²) in [7, 11) is -0.332. The minimum Gasteiger partial charge on any atom is -0.366 e. The second-order valence-corrected chi connectivity index (χ2v) is 5.20. The zero-order valence-corrected chi connectivity index (χ0v) is 11.8. The van der Waals surface area contributed by atoms with Gasteiger partial charge in [-0.1, -0.05) is 26.7 Å². The van der Waals surface area contributed by atoms with Crippen molar-refractivity contribution in [1.82, 2.24) is 0 Å². The maximum Gasteiger partial charge on any atom is 0.320 e. The molecule has 0 aromatic carbocycles. The van der Waals surface area contributed by atoms with Crippen LogP contribution in [-0.2, 0) is 13.3 Å². The summed E-state index contributed by atoms with van der Waals surface area (Å²) in [6.07, 6.45) is 4.47. The van der Waals surface area contributed by atoms with E-state index in [2.05, 4.69) is 13.8 Å². The van der Waals surface area contributed by atoms with Crippen molar-refractivity contribution < 1.29 is 13.3 Å². The first-order valence-electron chi connectivity index (χ1n) is 4.95. The van der Waals surface area contributed by atoms with Crippen molar-refractivity contribution in [3.05, 3.63) is 0 Å². The van der Waals surface area contributed by atoms with Crippen LogP contribution in [0, 0.1) is 0 Å². The molecule has 0 saturated heterocycles. The number of rotatable bonds is 9. The quantitative estimate of drug-likeness (QED) is 0.341. The molecular weight excluding hydrogens is 203 g/mol. The van der Waals surface area contributed by atoms with Gasteiger partial charge in [0.05, 0.1) is 13.2 Å². The van der Waals surface area contributed by atoms with Crippen LogP contribution in [0.4, 0.5) is 0 Å². The summed E-state index contributed by atoms with van der Waals surface area (Å²) in [5.74, 6) is 0. The summed E-state index contributed by atoms with van der Waals surface area (Å²) in [5.41, 5.74) is 0. The third kappa shape index (κ3) is 8.85. The van der Waals surface area contributed by atoms with Gasteiger partial charge in [0.25, 0.3) is 0 Å². The molecule has 0 aliphatic carbocycles. The molecule has 0 radical (unpaired) electrons. The highest BCUT2D eigenvalue weighted by molar-refractivity contribution is 7.42. The summed E-state index contributed by atoms with van der Waals surface area (Å²) in [6, 6.07) is 0. The normalized spacial score (nSPS) is 11.3. The molecule has 0 amide bonds. The van der Waals surface area contributed by atoms with Crippen LogP contribution in [0.2, 0.25) is 0 Å². The predicted molar refractivity (Wildman–Crippen MR) is 59.7 cm³/mol. The fraction of sp³-hybridized carbons (Fsp3) is 1.00. The standard InChI is InChI=1S/C8H21O3PSi/c1-3-5-7-9-12(11-13)10-8-6-4-2/h3-8H2,1-2,13H3. The SMILES string of the molecule is CCCCOP(O[SiH3])OCCCC. The van der Waals surface area contributed by atoms with E-state index < -0.39 is 8.60 Å². The van der Waals surface area contributed by atoms with Gasteiger partial charge in [-0.3, -0.25) is 0 Å². The van der Waals surface area contributed by atoms with Gasteiger partial charge < -0.3 is 13.3 Å². The first-order chi connectivity index (χ1) is 6.35. The van der Waals surface area contributed by atoms with E-state index in [4.69, 9.17) is 13.3 Å². The molecule has 0 unspecified atom stereocenters. The van der Waals surface area contributed by atoms with Crippen LogP contribution in [0.1, 0.15) is 39.5 Å². The molecule has 3 nitrogen and oxygen atoms in total. The Morgan fingerprint density at radius 3 is 1.77 bits per heavy atom. The summed E-state index contributed by atoms with van der Waals surface area (Å²) in [6.45, 7) is 5.81. The molecule has 0 bridgehead atoms. The Balaban J connectivity index is 3.28. The summed E-state index contributed by atoms with van der Waals surface area (Å²) in [4.78, 5) is 0. The van der Waals surface area contributed by atoms with E-state index in [1.807, 2.05) is 0 Å². The minimum atomic E-state index is -1.02. The first kappa shape index (κ1) is 13.5. The van der Waals surface area contributed by atoms with Crippen LogP contribution in [0.25, 0.3) is 0 Å². The molecule has 5 heteroatoms. The van der Waals surface area contributed by atoms with Gasteiger partial charge in [-0.25, -0.2) is 0 Å². The van der Waals surface area contributed by atoms with Crippen LogP contribution in [0.3, 0.4) is 0 Å². The third-order valence-electron chi connectivity index (χ3n) is 1.54. The first-order valence-corrected chi connectivity index (χ1v) is 6.86. The Morgan fingerprint density at radius 2 is 1.46 bits per heavy atom. The van der Waals surface area contributed by atoms with E-state index in [1.165, 1.54) is 0 Å². The maximum atomic E-state index is 5.43. The van der Waals surface area contributed by atoms with Crippen LogP contribution in [0.15, 0.2) is 0 Å². The number of hydrogen-bond acceptors (Lipinski definition) is 3. The highest BCUT2D eigenvalue weighted by Gasteiger charge is 2.07. The Kier molecular flexibility index (Phi) is 11.0. The molecule has 13 heavy (non-hydrogen) atoms. The highest BCUT2D eigenvalue weighted by Crippen LogP contribution is 2.38. The van der Waals surface area contributed by atoms with Crippen LogP contribution >= 0.6 is 8.60 Å². The molecule has 80 valence electrons. The molecule has 0 aliphatic rings. The Bertz CT molecular complexity index is 95.4. The van der Waals surface area contributed by atoms with Gasteiger partial charge in [0.1, 0.15) is 0 Å². The molecule has 0 spiro atoms. The molecule has 0 aromatic rings. The summed E-state index contributed by atoms with van der Waals surface area (Å²) < 4.78 is 16.1. The largest absolute Gasteiger partial charge is 0.366 e. The Labute approximate surface area is 85.7 Å². The minimum absolute atomic E-state index is 0.688. The molecule has 0 rings (SSSR count). The van der Waals surface area contributed by atoms with Gasteiger partial charge in [0, 0.05) is 0 Å². The molecule has 0 heterocycles. The van der Waals surface area contributed by atoms with E-state index in [0.29, 0.717) is 10.5 Å². The van der Waals surface area contributed by atoms with Crippen LogP contribution in [0.5, 0.6) is 0 Å². The van der Waals surface area contributed by atoms with Crippen molar-refractivity contribution in [2.45, 2.75) is 39.5 Å². The van der Waals surface area contributed by atoms with Crippen LogP contribution < -0.4 is 0 Å². The molecular formula is C8H21O3PSi. The van der Waals surface area contributed by atoms with E-state index in [1.54, 1.807) is 0 Å². The lowest BCUT2D eigenvalue weighted by Gasteiger charge is -2.14. The van der Waals surface area contributed by atoms with Gasteiger partial charge >= 0.3 is 8.60 Å². The average Bonchev–Trinajstić information content (AvgIpc) is 2.16. The van der Waals surface area contributed by atoms with Gasteiger partial charge in [0.15, 0.2) is 10.5 Å². The average molecular weight is 224 g/mol. The van der Waals surface area contributed by atoms with Gasteiger partial charge in [-0.2, -0.15) is 0 Å². The third-order valence-corrected chi connectivity index (χ3v) is 3.52. The van der Waals surface area contributed by atoms with Crippen molar-refractivity contribution in [2.24, 2.45) is 0 Å². The molecule has 0 saturated carbocycles. The molecule has 0 atom stereocenters. The van der Waals surface area contributed by atoms with E-state index in [0.717, 1.165) is 38.9 Å². The lowest BCUT2D eigenvalue weighted by atomic mass is 10.4. The molecule has 0 aliphatic heterocycles. The highest BCUT2D eigenvalue weighted by atomic mass is 31.2. The zero-order chi connectivity index (χ0) is 9.94. The van der Waals surface area contributed by atoms with E-state index in [9.17, 15) is 0 Å². The molecule has 0 aromatic heterocycles. The maximum absolute atomic E-state index is 5.43. The predicted octanol–water partition coefficient (Wildman–Crippen LogP) is 2.14. The molecule has 0 N–H and O–H groups in total.